The Kier molecular flexibility index (Phi) is 11.0. The molecule has 37 heavy (non-hydrogen) atoms. The second-order valence-corrected chi connectivity index (χ2v) is 16.5. The topological polar surface area (TPSA) is 43.4 Å². The average molecular weight is 607 g/mol. The van der Waals surface area contributed by atoms with Gasteiger partial charge in [0.25, 0.3) is 0 Å². The third kappa shape index (κ3) is 8.08. The summed E-state index contributed by atoms with van der Waals surface area (Å²) in [6.07, 6.45) is 0. The number of benzene rings is 2. The van der Waals surface area contributed by atoms with Crippen LogP contribution in [-0.4, -0.2) is 43.7 Å². The van der Waals surface area contributed by atoms with Crippen LogP contribution in [0.25, 0.3) is 0 Å². The third-order valence-electron chi connectivity index (χ3n) is 5.56. The maximum atomic E-state index is 12.0. The molecule has 0 aliphatic carbocycles. The lowest BCUT2D eigenvalue weighted by Crippen LogP contribution is -2.07. The summed E-state index contributed by atoms with van der Waals surface area (Å²) in [6.45, 7) is 11.1. The summed E-state index contributed by atoms with van der Waals surface area (Å²) in [7, 11) is 0. The molecule has 2 aromatic carbocycles. The quantitative estimate of drug-likeness (QED) is 0.247. The van der Waals surface area contributed by atoms with Crippen LogP contribution in [0.15, 0.2) is 72.8 Å². The molecule has 2 aromatic rings. The maximum Gasteiger partial charge on any atom is 0.214 e. The summed E-state index contributed by atoms with van der Waals surface area (Å²) in [5.74, 6) is 5.41. The molecule has 2 fully saturated rings. The van der Waals surface area contributed by atoms with E-state index >= 15 is 0 Å². The van der Waals surface area contributed by atoms with Crippen LogP contribution >= 0.6 is 70.6 Å². The van der Waals surface area contributed by atoms with Gasteiger partial charge in [-0.3, -0.25) is 9.59 Å². The highest BCUT2D eigenvalue weighted by atomic mass is 32.2. The zero-order chi connectivity index (χ0) is 26.4. The number of carbonyl (C=O) groups excluding carboxylic acids is 2. The number of thioether (sulfide) groups is 6. The van der Waals surface area contributed by atoms with E-state index in [4.69, 9.17) is 4.74 Å². The highest BCUT2D eigenvalue weighted by Gasteiger charge is 2.32. The van der Waals surface area contributed by atoms with Crippen molar-refractivity contribution < 1.29 is 14.3 Å². The predicted octanol–water partition coefficient (Wildman–Crippen LogP) is 8.85. The standard InChI is InChI=1S/C28H30O3S6/c1-17(2)25(29)32-13-19-15-34-27(36-19)21-9-5-7-11-23(21)31-24-12-8-6-10-22(24)28-35-16-20(37-28)14-33-26(30)18(3)4/h5-12,19-20,27-28H,1,3,13-16H2,2,4H3. The van der Waals surface area contributed by atoms with Crippen LogP contribution in [0.2, 0.25) is 0 Å². The number of rotatable bonds is 10. The van der Waals surface area contributed by atoms with Gasteiger partial charge >= 0.3 is 0 Å². The van der Waals surface area contributed by atoms with Gasteiger partial charge in [0.15, 0.2) is 0 Å². The zero-order valence-corrected chi connectivity index (χ0v) is 25.7. The molecule has 9 heteroatoms. The Morgan fingerprint density at radius 2 is 1.19 bits per heavy atom. The molecular weight excluding hydrogens is 577 g/mol. The summed E-state index contributed by atoms with van der Waals surface area (Å²) in [6, 6.07) is 16.6. The first-order chi connectivity index (χ1) is 17.8. The van der Waals surface area contributed by atoms with E-state index in [0.717, 1.165) is 34.5 Å². The predicted molar refractivity (Wildman–Crippen MR) is 171 cm³/mol. The lowest BCUT2D eigenvalue weighted by Gasteiger charge is -2.19. The molecule has 0 radical (unpaired) electrons. The first-order valence-corrected chi connectivity index (χ1v) is 17.8. The molecule has 2 aliphatic rings. The van der Waals surface area contributed by atoms with Gasteiger partial charge in [-0.1, -0.05) is 73.1 Å². The van der Waals surface area contributed by atoms with Gasteiger partial charge in [0.05, 0.1) is 9.16 Å². The number of ether oxygens (including phenoxy) is 1. The normalized spacial score (nSPS) is 23.1. The Bertz CT molecular complexity index is 1080. The average Bonchev–Trinajstić information content (AvgIpc) is 3.56. The van der Waals surface area contributed by atoms with Gasteiger partial charge in [-0.15, -0.1) is 47.0 Å². The van der Waals surface area contributed by atoms with Crippen molar-refractivity contribution in [3.63, 3.8) is 0 Å². The van der Waals surface area contributed by atoms with Gasteiger partial charge in [0, 0.05) is 44.6 Å². The summed E-state index contributed by atoms with van der Waals surface area (Å²) in [5.41, 5.74) is 3.59. The van der Waals surface area contributed by atoms with E-state index in [-0.39, 0.29) is 19.4 Å². The molecular formula is C28H30O3S6. The molecule has 4 atom stereocenters. The fourth-order valence-electron chi connectivity index (χ4n) is 3.64. The fraction of sp³-hybridized carbons (Fsp3) is 0.357. The highest BCUT2D eigenvalue weighted by molar-refractivity contribution is 8.21. The van der Waals surface area contributed by atoms with Crippen LogP contribution in [0.5, 0.6) is 11.5 Å². The second kappa shape index (κ2) is 14.0. The lowest BCUT2D eigenvalue weighted by atomic mass is 10.2. The van der Waals surface area contributed by atoms with Crippen molar-refractivity contribution in [3.05, 3.63) is 84.0 Å². The first kappa shape index (κ1) is 29.2. The largest absolute Gasteiger partial charge is 0.457 e. The van der Waals surface area contributed by atoms with Crippen molar-refractivity contribution in [2.45, 2.75) is 33.5 Å². The van der Waals surface area contributed by atoms with E-state index in [1.54, 1.807) is 13.8 Å². The van der Waals surface area contributed by atoms with E-state index in [0.29, 0.717) is 21.6 Å². The Hall–Kier alpha value is -0.840. The summed E-state index contributed by atoms with van der Waals surface area (Å²) < 4.78 is 7.15. The smallest absolute Gasteiger partial charge is 0.214 e. The molecule has 0 N–H and O–H groups in total. The highest BCUT2D eigenvalue weighted by Crippen LogP contribution is 2.55. The monoisotopic (exact) mass is 606 g/mol. The zero-order valence-electron chi connectivity index (χ0n) is 20.8. The van der Waals surface area contributed by atoms with E-state index in [9.17, 15) is 9.59 Å². The molecule has 0 amide bonds. The van der Waals surface area contributed by atoms with E-state index in [1.165, 1.54) is 34.7 Å². The molecule has 2 saturated heterocycles. The fourth-order valence-corrected chi connectivity index (χ4v) is 12.7. The van der Waals surface area contributed by atoms with E-state index in [2.05, 4.69) is 49.6 Å². The molecule has 2 aliphatic heterocycles. The molecule has 0 aromatic heterocycles. The summed E-state index contributed by atoms with van der Waals surface area (Å²) >= 11 is 10.4. The summed E-state index contributed by atoms with van der Waals surface area (Å²) in [5, 5.41) is 1.00. The molecule has 4 rings (SSSR count). The van der Waals surface area contributed by atoms with Crippen molar-refractivity contribution >= 4 is 80.8 Å². The number of hydrogen-bond acceptors (Lipinski definition) is 9. The summed E-state index contributed by atoms with van der Waals surface area (Å²) in [4.78, 5) is 23.9. The number of hydrogen-bond donors (Lipinski definition) is 0. The van der Waals surface area contributed by atoms with Gasteiger partial charge in [0.2, 0.25) is 10.2 Å². The van der Waals surface area contributed by atoms with Gasteiger partial charge in [-0.05, 0) is 37.1 Å². The van der Waals surface area contributed by atoms with Crippen LogP contribution in [-0.2, 0) is 9.59 Å². The maximum absolute atomic E-state index is 12.0. The Morgan fingerprint density at radius 1 is 0.784 bits per heavy atom. The molecule has 2 heterocycles. The van der Waals surface area contributed by atoms with Crippen LogP contribution in [0.3, 0.4) is 0 Å². The van der Waals surface area contributed by atoms with Crippen LogP contribution < -0.4 is 4.74 Å². The Morgan fingerprint density at radius 3 is 1.59 bits per heavy atom. The molecule has 3 nitrogen and oxygen atoms in total. The third-order valence-corrected chi connectivity index (χ3v) is 15.0. The van der Waals surface area contributed by atoms with Crippen LogP contribution in [0.1, 0.15) is 34.1 Å². The van der Waals surface area contributed by atoms with Crippen molar-refractivity contribution in [2.24, 2.45) is 0 Å². The minimum atomic E-state index is 0.0836. The SMILES string of the molecule is C=C(C)C(=O)SCC1CSC(c2ccccc2Oc2ccccc2C2SCC(CSC(=O)C(=C)C)S2)S1. The van der Waals surface area contributed by atoms with Gasteiger partial charge in [-0.25, -0.2) is 0 Å². The number of para-hydroxylation sites is 2. The van der Waals surface area contributed by atoms with Crippen LogP contribution in [0.4, 0.5) is 0 Å². The van der Waals surface area contributed by atoms with E-state index < -0.39 is 0 Å². The minimum Gasteiger partial charge on any atom is -0.457 e. The van der Waals surface area contributed by atoms with Gasteiger partial charge in [0.1, 0.15) is 11.5 Å². The van der Waals surface area contributed by atoms with Crippen molar-refractivity contribution in [1.29, 1.82) is 0 Å². The first-order valence-electron chi connectivity index (χ1n) is 11.9. The molecule has 0 saturated carbocycles. The molecule has 0 bridgehead atoms. The second-order valence-electron chi connectivity index (χ2n) is 8.78. The molecule has 4 unspecified atom stereocenters. The van der Waals surface area contributed by atoms with E-state index in [1.807, 2.05) is 59.2 Å². The van der Waals surface area contributed by atoms with Gasteiger partial charge in [-0.2, -0.15) is 0 Å². The lowest BCUT2D eigenvalue weighted by molar-refractivity contribution is -0.108. The number of carbonyl (C=O) groups is 2. The van der Waals surface area contributed by atoms with Gasteiger partial charge < -0.3 is 4.74 Å². The van der Waals surface area contributed by atoms with Crippen molar-refractivity contribution in [2.75, 3.05) is 23.0 Å². The van der Waals surface area contributed by atoms with Crippen molar-refractivity contribution in [1.82, 2.24) is 0 Å². The Balaban J connectivity index is 1.41. The molecule has 0 spiro atoms. The minimum absolute atomic E-state index is 0.0836. The van der Waals surface area contributed by atoms with Crippen LogP contribution in [0, 0.1) is 0 Å². The van der Waals surface area contributed by atoms with Crippen molar-refractivity contribution in [3.8, 4) is 11.5 Å². The Labute approximate surface area is 245 Å². The molecule has 196 valence electrons.